The van der Waals surface area contributed by atoms with E-state index in [9.17, 15) is 13.2 Å². The van der Waals surface area contributed by atoms with E-state index in [0.29, 0.717) is 12.6 Å². The van der Waals surface area contributed by atoms with Crippen LogP contribution in [0.4, 0.5) is 0 Å². The summed E-state index contributed by atoms with van der Waals surface area (Å²) >= 11 is 0. The summed E-state index contributed by atoms with van der Waals surface area (Å²) in [5, 5.41) is 0. The minimum atomic E-state index is -3.52. The Morgan fingerprint density at radius 3 is 2.76 bits per heavy atom. The summed E-state index contributed by atoms with van der Waals surface area (Å²) in [4.78, 5) is 13.5. The van der Waals surface area contributed by atoms with Crippen LogP contribution in [0, 0.1) is 0 Å². The van der Waals surface area contributed by atoms with Gasteiger partial charge in [-0.25, -0.2) is 0 Å². The SMILES string of the molecule is COC(=O)CCN(C)S(=O)(=O)N1CC2CCCN2CC1C. The quantitative estimate of drug-likeness (QED) is 0.662. The van der Waals surface area contributed by atoms with Gasteiger partial charge in [-0.05, 0) is 26.3 Å². The maximum atomic E-state index is 12.7. The molecule has 0 amide bonds. The normalized spacial score (nSPS) is 27.8. The lowest BCUT2D eigenvalue weighted by molar-refractivity contribution is -0.140. The zero-order valence-electron chi connectivity index (χ0n) is 13.0. The second-order valence-corrected chi connectivity index (χ2v) is 7.85. The third-order valence-corrected chi connectivity index (χ3v) is 6.50. The lowest BCUT2D eigenvalue weighted by Crippen LogP contribution is -2.59. The number of fused-ring (bicyclic) bond motifs is 1. The Morgan fingerprint density at radius 2 is 2.10 bits per heavy atom. The number of nitrogens with zero attached hydrogens (tertiary/aromatic N) is 3. The molecule has 2 fully saturated rings. The molecule has 0 radical (unpaired) electrons. The third kappa shape index (κ3) is 3.56. The lowest BCUT2D eigenvalue weighted by atomic mass is 10.1. The topological polar surface area (TPSA) is 70.2 Å². The summed E-state index contributed by atoms with van der Waals surface area (Å²) in [7, 11) is -0.698. The van der Waals surface area contributed by atoms with E-state index in [0.717, 1.165) is 25.9 Å². The van der Waals surface area contributed by atoms with Crippen LogP contribution < -0.4 is 0 Å². The van der Waals surface area contributed by atoms with Crippen molar-refractivity contribution in [3.63, 3.8) is 0 Å². The van der Waals surface area contributed by atoms with Crippen LogP contribution in [-0.4, -0.2) is 80.3 Å². The van der Waals surface area contributed by atoms with E-state index in [1.165, 1.54) is 18.5 Å². The predicted molar refractivity (Wildman–Crippen MR) is 78.9 cm³/mol. The summed E-state index contributed by atoms with van der Waals surface area (Å²) < 4.78 is 32.7. The fraction of sp³-hybridized carbons (Fsp3) is 0.923. The van der Waals surface area contributed by atoms with Crippen molar-refractivity contribution in [1.29, 1.82) is 0 Å². The van der Waals surface area contributed by atoms with Crippen LogP contribution in [0.5, 0.6) is 0 Å². The van der Waals surface area contributed by atoms with Gasteiger partial charge < -0.3 is 4.74 Å². The first-order valence-corrected chi connectivity index (χ1v) is 8.80. The van der Waals surface area contributed by atoms with E-state index in [1.807, 2.05) is 6.92 Å². The molecule has 0 N–H and O–H groups in total. The molecule has 0 aromatic rings. The molecule has 0 spiro atoms. The van der Waals surface area contributed by atoms with Gasteiger partial charge in [0.2, 0.25) is 0 Å². The van der Waals surface area contributed by atoms with E-state index in [1.54, 1.807) is 4.31 Å². The molecule has 2 saturated heterocycles. The van der Waals surface area contributed by atoms with Gasteiger partial charge in [-0.1, -0.05) is 0 Å². The Kier molecular flexibility index (Phi) is 5.24. The van der Waals surface area contributed by atoms with Crippen molar-refractivity contribution < 1.29 is 17.9 Å². The van der Waals surface area contributed by atoms with Gasteiger partial charge in [-0.3, -0.25) is 9.69 Å². The van der Waals surface area contributed by atoms with Crippen LogP contribution in [0.25, 0.3) is 0 Å². The van der Waals surface area contributed by atoms with Crippen LogP contribution in [0.1, 0.15) is 26.2 Å². The molecule has 2 aliphatic rings. The number of carbonyl (C=O) groups is 1. The van der Waals surface area contributed by atoms with Gasteiger partial charge in [0.1, 0.15) is 0 Å². The highest BCUT2D eigenvalue weighted by molar-refractivity contribution is 7.86. The van der Waals surface area contributed by atoms with Crippen molar-refractivity contribution in [3.8, 4) is 0 Å². The smallest absolute Gasteiger partial charge is 0.306 e. The van der Waals surface area contributed by atoms with Gasteiger partial charge in [-0.15, -0.1) is 0 Å². The zero-order chi connectivity index (χ0) is 15.6. The van der Waals surface area contributed by atoms with E-state index in [-0.39, 0.29) is 19.0 Å². The number of hydrogen-bond acceptors (Lipinski definition) is 5. The first-order chi connectivity index (χ1) is 9.86. The van der Waals surface area contributed by atoms with Crippen molar-refractivity contribution in [2.24, 2.45) is 0 Å². The number of methoxy groups -OCH3 is 1. The van der Waals surface area contributed by atoms with Gasteiger partial charge >= 0.3 is 5.97 Å². The molecule has 0 aliphatic carbocycles. The molecule has 0 saturated carbocycles. The maximum Gasteiger partial charge on any atom is 0.306 e. The van der Waals surface area contributed by atoms with Crippen molar-refractivity contribution in [2.75, 3.05) is 40.3 Å². The number of carbonyl (C=O) groups excluding carboxylic acids is 1. The molecule has 0 aromatic heterocycles. The van der Waals surface area contributed by atoms with Crippen molar-refractivity contribution in [3.05, 3.63) is 0 Å². The molecule has 2 aliphatic heterocycles. The van der Waals surface area contributed by atoms with Crippen LogP contribution >= 0.6 is 0 Å². The van der Waals surface area contributed by atoms with E-state index in [2.05, 4.69) is 9.64 Å². The molecule has 2 unspecified atom stereocenters. The van der Waals surface area contributed by atoms with E-state index >= 15 is 0 Å². The molecule has 21 heavy (non-hydrogen) atoms. The average Bonchev–Trinajstić information content (AvgIpc) is 2.90. The highest BCUT2D eigenvalue weighted by Gasteiger charge is 2.41. The molecule has 0 aromatic carbocycles. The van der Waals surface area contributed by atoms with Gasteiger partial charge in [0, 0.05) is 38.8 Å². The predicted octanol–water partition coefficient (Wildman–Crippen LogP) is -0.105. The number of rotatable bonds is 5. The number of piperazine rings is 1. The van der Waals surface area contributed by atoms with E-state index in [4.69, 9.17) is 0 Å². The molecule has 2 rings (SSSR count). The van der Waals surface area contributed by atoms with Crippen LogP contribution in [0.3, 0.4) is 0 Å². The summed E-state index contributed by atoms with van der Waals surface area (Å²) in [5.41, 5.74) is 0. The average molecular weight is 319 g/mol. The molecule has 2 atom stereocenters. The zero-order valence-corrected chi connectivity index (χ0v) is 13.8. The Bertz CT molecular complexity index is 482. The van der Waals surface area contributed by atoms with Crippen LogP contribution in [0.15, 0.2) is 0 Å². The molecule has 8 heteroatoms. The lowest BCUT2D eigenvalue weighted by Gasteiger charge is -2.42. The highest BCUT2D eigenvalue weighted by atomic mass is 32.2. The Hall–Kier alpha value is -0.700. The van der Waals surface area contributed by atoms with Gasteiger partial charge in [-0.2, -0.15) is 17.0 Å². The molecule has 2 heterocycles. The standard InChI is InChI=1S/C13H25N3O4S/c1-11-9-15-7-4-5-12(15)10-16(11)21(18,19)14(2)8-6-13(17)20-3/h11-12H,4-10H2,1-3H3. The molecule has 122 valence electrons. The third-order valence-electron chi connectivity index (χ3n) is 4.43. The number of ether oxygens (including phenoxy) is 1. The highest BCUT2D eigenvalue weighted by Crippen LogP contribution is 2.27. The Balaban J connectivity index is 2.02. The summed E-state index contributed by atoms with van der Waals surface area (Å²) in [5.74, 6) is -0.397. The molecule has 0 bridgehead atoms. The summed E-state index contributed by atoms with van der Waals surface area (Å²) in [6.45, 7) is 4.49. The second-order valence-electron chi connectivity index (χ2n) is 5.87. The molecular weight excluding hydrogens is 294 g/mol. The van der Waals surface area contributed by atoms with Gasteiger partial charge in [0.05, 0.1) is 13.5 Å². The van der Waals surface area contributed by atoms with Crippen molar-refractivity contribution in [2.45, 2.75) is 38.3 Å². The van der Waals surface area contributed by atoms with Crippen LogP contribution in [0.2, 0.25) is 0 Å². The number of hydrogen-bond donors (Lipinski definition) is 0. The Labute approximate surface area is 127 Å². The fourth-order valence-corrected chi connectivity index (χ4v) is 4.69. The minimum Gasteiger partial charge on any atom is -0.469 e. The monoisotopic (exact) mass is 319 g/mol. The minimum absolute atomic E-state index is 0.0371. The van der Waals surface area contributed by atoms with Gasteiger partial charge in [0.15, 0.2) is 0 Å². The van der Waals surface area contributed by atoms with Gasteiger partial charge in [0.25, 0.3) is 10.2 Å². The van der Waals surface area contributed by atoms with E-state index < -0.39 is 16.2 Å². The second kappa shape index (κ2) is 6.60. The summed E-state index contributed by atoms with van der Waals surface area (Å²) in [6, 6.07) is 0.301. The van der Waals surface area contributed by atoms with Crippen molar-refractivity contribution >= 4 is 16.2 Å². The summed E-state index contributed by atoms with van der Waals surface area (Å²) in [6.07, 6.45) is 2.28. The fourth-order valence-electron chi connectivity index (χ4n) is 3.13. The maximum absolute atomic E-state index is 12.7. The van der Waals surface area contributed by atoms with Crippen LogP contribution in [-0.2, 0) is 19.7 Å². The largest absolute Gasteiger partial charge is 0.469 e. The number of esters is 1. The molecular formula is C13H25N3O4S. The van der Waals surface area contributed by atoms with Crippen molar-refractivity contribution in [1.82, 2.24) is 13.5 Å². The first-order valence-electron chi connectivity index (χ1n) is 7.40. The first kappa shape index (κ1) is 16.7. The molecule has 7 nitrogen and oxygen atoms in total. The Morgan fingerprint density at radius 1 is 1.38 bits per heavy atom.